The van der Waals surface area contributed by atoms with E-state index in [1.54, 1.807) is 21.9 Å². The molecule has 8 heteroatoms. The number of amides is 2. The second kappa shape index (κ2) is 9.80. The van der Waals surface area contributed by atoms with Crippen LogP contribution in [0.25, 0.3) is 6.08 Å². The van der Waals surface area contributed by atoms with Crippen molar-refractivity contribution in [3.63, 3.8) is 0 Å². The van der Waals surface area contributed by atoms with Crippen LogP contribution < -0.4 is 0 Å². The van der Waals surface area contributed by atoms with Crippen molar-refractivity contribution in [2.75, 3.05) is 32.8 Å². The smallest absolute Gasteiger partial charge is 0.266 e. The van der Waals surface area contributed by atoms with Crippen molar-refractivity contribution >= 4 is 56.4 Å². The summed E-state index contributed by atoms with van der Waals surface area (Å²) in [5.41, 5.74) is 2.18. The third-order valence-electron chi connectivity index (χ3n) is 4.97. The van der Waals surface area contributed by atoms with E-state index < -0.39 is 0 Å². The topological polar surface area (TPSA) is 62.2 Å². The lowest BCUT2D eigenvalue weighted by Gasteiger charge is -2.26. The van der Waals surface area contributed by atoms with Crippen molar-refractivity contribution in [3.8, 4) is 0 Å². The minimum Gasteiger partial charge on any atom is -0.378 e. The van der Waals surface area contributed by atoms with Gasteiger partial charge in [-0.25, -0.2) is 4.99 Å². The number of hydrogen-bond donors (Lipinski definition) is 0. The maximum Gasteiger partial charge on any atom is 0.266 e. The molecule has 0 N–H and O–H groups in total. The standard InChI is InChI=1S/C23H22BrN3O3S/c1-2-27-22(29)20(14-16-5-3-7-18(24)13-16)31-23(27)25-19-8-4-6-17(15-19)21(28)26-9-11-30-12-10-26/h3-8,13-15H,2,9-12H2,1H3/b20-14+,25-23?. The van der Waals surface area contributed by atoms with Crippen LogP contribution in [-0.2, 0) is 9.53 Å². The molecule has 0 aromatic heterocycles. The van der Waals surface area contributed by atoms with E-state index in [1.807, 2.05) is 49.4 Å². The number of nitrogens with zero attached hydrogens (tertiary/aromatic N) is 3. The Kier molecular flexibility index (Phi) is 6.89. The first-order chi connectivity index (χ1) is 15.0. The molecule has 0 saturated carbocycles. The summed E-state index contributed by atoms with van der Waals surface area (Å²) in [4.78, 5) is 34.4. The molecule has 6 nitrogen and oxygen atoms in total. The van der Waals surface area contributed by atoms with Gasteiger partial charge in [0.15, 0.2) is 5.17 Å². The monoisotopic (exact) mass is 499 g/mol. The summed E-state index contributed by atoms with van der Waals surface area (Å²) in [6, 6.07) is 15.0. The SMILES string of the molecule is CCN1C(=O)/C(=C\c2cccc(Br)c2)SC1=Nc1cccc(C(=O)N2CCOCC2)c1. The fourth-order valence-electron chi connectivity index (χ4n) is 3.39. The van der Waals surface area contributed by atoms with Crippen LogP contribution in [0.1, 0.15) is 22.8 Å². The molecule has 31 heavy (non-hydrogen) atoms. The Hall–Kier alpha value is -2.42. The molecule has 4 rings (SSSR count). The van der Waals surface area contributed by atoms with Gasteiger partial charge in [0.1, 0.15) is 0 Å². The Morgan fingerprint density at radius 2 is 1.97 bits per heavy atom. The van der Waals surface area contributed by atoms with Gasteiger partial charge < -0.3 is 9.64 Å². The first kappa shape index (κ1) is 21.8. The van der Waals surface area contributed by atoms with Crippen LogP contribution in [0.5, 0.6) is 0 Å². The molecule has 0 atom stereocenters. The average Bonchev–Trinajstić information content (AvgIpc) is 3.07. The summed E-state index contributed by atoms with van der Waals surface area (Å²) in [6.07, 6.45) is 1.88. The number of amidine groups is 1. The van der Waals surface area contributed by atoms with Crippen molar-refractivity contribution in [2.24, 2.45) is 4.99 Å². The van der Waals surface area contributed by atoms with Gasteiger partial charge in [-0.1, -0.05) is 34.1 Å². The highest BCUT2D eigenvalue weighted by Gasteiger charge is 2.32. The van der Waals surface area contributed by atoms with Crippen molar-refractivity contribution in [1.29, 1.82) is 0 Å². The summed E-state index contributed by atoms with van der Waals surface area (Å²) in [6.45, 7) is 4.75. The third kappa shape index (κ3) is 5.08. The molecule has 2 aliphatic rings. The van der Waals surface area contributed by atoms with Crippen molar-refractivity contribution in [2.45, 2.75) is 6.92 Å². The Morgan fingerprint density at radius 1 is 1.19 bits per heavy atom. The van der Waals surface area contributed by atoms with Gasteiger partial charge in [-0.2, -0.15) is 0 Å². The normalized spacial score (nSPS) is 19.5. The zero-order chi connectivity index (χ0) is 21.8. The molecule has 160 valence electrons. The predicted molar refractivity (Wildman–Crippen MR) is 127 cm³/mol. The summed E-state index contributed by atoms with van der Waals surface area (Å²) in [7, 11) is 0. The maximum atomic E-state index is 12.9. The van der Waals surface area contributed by atoms with Crippen molar-refractivity contribution in [3.05, 3.63) is 69.0 Å². The van der Waals surface area contributed by atoms with E-state index in [4.69, 9.17) is 9.73 Å². The van der Waals surface area contributed by atoms with Gasteiger partial charge in [0, 0.05) is 29.7 Å². The van der Waals surface area contributed by atoms with Crippen LogP contribution >= 0.6 is 27.7 Å². The highest BCUT2D eigenvalue weighted by Crippen LogP contribution is 2.34. The number of ether oxygens (including phenoxy) is 1. The quantitative estimate of drug-likeness (QED) is 0.579. The van der Waals surface area contributed by atoms with Crippen LogP contribution in [-0.4, -0.2) is 59.6 Å². The van der Waals surface area contributed by atoms with Gasteiger partial charge in [0.2, 0.25) is 0 Å². The van der Waals surface area contributed by atoms with Crippen molar-refractivity contribution in [1.82, 2.24) is 9.80 Å². The highest BCUT2D eigenvalue weighted by molar-refractivity contribution is 9.10. The van der Waals surface area contributed by atoms with Gasteiger partial charge in [-0.05, 0) is 60.7 Å². The lowest BCUT2D eigenvalue weighted by Crippen LogP contribution is -2.40. The largest absolute Gasteiger partial charge is 0.378 e. The fourth-order valence-corrected chi connectivity index (χ4v) is 4.87. The first-order valence-corrected chi connectivity index (χ1v) is 11.7. The van der Waals surface area contributed by atoms with Crippen LogP contribution in [0, 0.1) is 0 Å². The van der Waals surface area contributed by atoms with E-state index in [1.165, 1.54) is 11.8 Å². The molecule has 0 bridgehead atoms. The van der Waals surface area contributed by atoms with Gasteiger partial charge in [0.05, 0.1) is 23.8 Å². The summed E-state index contributed by atoms with van der Waals surface area (Å²) in [5, 5.41) is 0.615. The molecule has 2 fully saturated rings. The first-order valence-electron chi connectivity index (χ1n) is 10.1. The minimum absolute atomic E-state index is 0.0249. The van der Waals surface area contributed by atoms with Gasteiger partial charge >= 0.3 is 0 Å². The number of hydrogen-bond acceptors (Lipinski definition) is 5. The van der Waals surface area contributed by atoms with Crippen LogP contribution in [0.4, 0.5) is 5.69 Å². The number of likely N-dealkylation sites (N-methyl/N-ethyl adjacent to an activating group) is 1. The van der Waals surface area contributed by atoms with Gasteiger partial charge in [0.25, 0.3) is 11.8 Å². The molecule has 0 unspecified atom stereocenters. The number of rotatable bonds is 4. The molecule has 0 spiro atoms. The number of benzene rings is 2. The molecule has 2 aliphatic heterocycles. The third-order valence-corrected chi connectivity index (χ3v) is 6.47. The van der Waals surface area contributed by atoms with Gasteiger partial charge in [-0.15, -0.1) is 0 Å². The number of aliphatic imine (C=N–C) groups is 1. The lowest BCUT2D eigenvalue weighted by atomic mass is 10.1. The molecule has 2 heterocycles. The molecule has 2 saturated heterocycles. The van der Waals surface area contributed by atoms with E-state index in [2.05, 4.69) is 15.9 Å². The maximum absolute atomic E-state index is 12.9. The second-order valence-electron chi connectivity index (χ2n) is 7.06. The Balaban J connectivity index is 1.59. The van der Waals surface area contributed by atoms with Gasteiger partial charge in [-0.3, -0.25) is 14.5 Å². The van der Waals surface area contributed by atoms with E-state index in [9.17, 15) is 9.59 Å². The summed E-state index contributed by atoms with van der Waals surface area (Å²) < 4.78 is 6.29. The molecule has 2 aromatic rings. The van der Waals surface area contributed by atoms with E-state index in [0.717, 1.165) is 10.0 Å². The Labute approximate surface area is 194 Å². The second-order valence-corrected chi connectivity index (χ2v) is 8.99. The number of carbonyl (C=O) groups is 2. The molecular formula is C23H22BrN3O3S. The van der Waals surface area contributed by atoms with E-state index in [-0.39, 0.29) is 11.8 Å². The number of morpholine rings is 1. The Morgan fingerprint density at radius 3 is 2.71 bits per heavy atom. The summed E-state index contributed by atoms with van der Waals surface area (Å²) >= 11 is 4.81. The zero-order valence-electron chi connectivity index (χ0n) is 17.1. The zero-order valence-corrected chi connectivity index (χ0v) is 19.5. The minimum atomic E-state index is -0.0632. The molecular weight excluding hydrogens is 478 g/mol. The van der Waals surface area contributed by atoms with Crippen LogP contribution in [0.15, 0.2) is 62.9 Å². The van der Waals surface area contributed by atoms with E-state index in [0.29, 0.717) is 54.2 Å². The predicted octanol–water partition coefficient (Wildman–Crippen LogP) is 4.55. The number of carbonyl (C=O) groups excluding carboxylic acids is 2. The molecule has 0 radical (unpaired) electrons. The summed E-state index contributed by atoms with van der Waals surface area (Å²) in [5.74, 6) is -0.0881. The highest BCUT2D eigenvalue weighted by atomic mass is 79.9. The molecule has 0 aliphatic carbocycles. The van der Waals surface area contributed by atoms with Crippen LogP contribution in [0.3, 0.4) is 0 Å². The lowest BCUT2D eigenvalue weighted by molar-refractivity contribution is -0.122. The molecule has 2 amide bonds. The number of halogens is 1. The number of thioether (sulfide) groups is 1. The van der Waals surface area contributed by atoms with Crippen molar-refractivity contribution < 1.29 is 14.3 Å². The average molecular weight is 500 g/mol. The van der Waals surface area contributed by atoms with E-state index >= 15 is 0 Å². The fraction of sp³-hybridized carbons (Fsp3) is 0.261. The van der Waals surface area contributed by atoms with Crippen LogP contribution in [0.2, 0.25) is 0 Å². The Bertz CT molecular complexity index is 1060. The molecule has 2 aromatic carbocycles.